The van der Waals surface area contributed by atoms with Gasteiger partial charge in [0.25, 0.3) is 0 Å². The Balaban J connectivity index is 1.64. The number of ketones is 1. The number of hydrogen-bond acceptors (Lipinski definition) is 6. The number of carboxylic acid groups (broad SMARTS) is 1. The van der Waals surface area contributed by atoms with E-state index in [0.29, 0.717) is 23.6 Å². The van der Waals surface area contributed by atoms with Gasteiger partial charge in [-0.2, -0.15) is 0 Å². The Morgan fingerprint density at radius 1 is 1.03 bits per heavy atom. The molecule has 4 rings (SSSR count). The SMILES string of the molecule is CC(C)(C(=O)O)c1cc(CC(=O)[C@H](Cc2ccc(Cl)cc2)NCc2cscn2)cc(-c2ccncc2)c1. The van der Waals surface area contributed by atoms with E-state index in [1.807, 2.05) is 60.0 Å². The molecule has 0 saturated heterocycles. The fourth-order valence-corrected chi connectivity index (χ4v) is 4.71. The molecule has 190 valence electrons. The molecule has 0 aliphatic carbocycles. The fraction of sp³-hybridized carbons (Fsp3) is 0.241. The molecule has 0 amide bonds. The van der Waals surface area contributed by atoms with Crippen LogP contribution < -0.4 is 5.32 Å². The summed E-state index contributed by atoms with van der Waals surface area (Å²) in [5.74, 6) is -0.918. The Morgan fingerprint density at radius 3 is 2.41 bits per heavy atom. The summed E-state index contributed by atoms with van der Waals surface area (Å²) in [6, 6.07) is 16.4. The molecule has 2 heterocycles. The van der Waals surface area contributed by atoms with Gasteiger partial charge >= 0.3 is 5.97 Å². The Labute approximate surface area is 225 Å². The maximum atomic E-state index is 13.7. The van der Waals surface area contributed by atoms with Crippen molar-refractivity contribution in [1.29, 1.82) is 0 Å². The van der Waals surface area contributed by atoms with Crippen molar-refractivity contribution < 1.29 is 14.7 Å². The van der Waals surface area contributed by atoms with Gasteiger partial charge in [0, 0.05) is 35.8 Å². The lowest BCUT2D eigenvalue weighted by atomic mass is 9.81. The second-order valence-electron chi connectivity index (χ2n) is 9.47. The molecule has 37 heavy (non-hydrogen) atoms. The first-order chi connectivity index (χ1) is 17.7. The number of nitrogens with zero attached hydrogens (tertiary/aromatic N) is 2. The number of rotatable bonds is 11. The van der Waals surface area contributed by atoms with Crippen LogP contribution in [0.5, 0.6) is 0 Å². The van der Waals surface area contributed by atoms with Crippen LogP contribution in [-0.4, -0.2) is 32.9 Å². The number of aromatic nitrogens is 2. The molecule has 0 saturated carbocycles. The van der Waals surface area contributed by atoms with Crippen molar-refractivity contribution in [1.82, 2.24) is 15.3 Å². The number of thiazole rings is 1. The van der Waals surface area contributed by atoms with Crippen LogP contribution in [0.4, 0.5) is 0 Å². The monoisotopic (exact) mass is 533 g/mol. The highest BCUT2D eigenvalue weighted by molar-refractivity contribution is 7.07. The van der Waals surface area contributed by atoms with Crippen LogP contribution in [0.25, 0.3) is 11.1 Å². The lowest BCUT2D eigenvalue weighted by Gasteiger charge is -2.23. The van der Waals surface area contributed by atoms with Gasteiger partial charge in [-0.1, -0.05) is 41.9 Å². The van der Waals surface area contributed by atoms with Crippen molar-refractivity contribution in [3.05, 3.63) is 105 Å². The van der Waals surface area contributed by atoms with E-state index in [1.165, 1.54) is 11.3 Å². The van der Waals surface area contributed by atoms with Crippen LogP contribution in [-0.2, 0) is 34.4 Å². The molecular formula is C29H28ClN3O3S. The van der Waals surface area contributed by atoms with Crippen molar-refractivity contribution in [3.8, 4) is 11.1 Å². The number of nitrogens with one attached hydrogen (secondary N) is 1. The quantitative estimate of drug-likeness (QED) is 0.256. The molecule has 0 fully saturated rings. The summed E-state index contributed by atoms with van der Waals surface area (Å²) < 4.78 is 0. The number of Topliss-reactive ketones (excluding diaryl/α,β-unsaturated/α-hetero) is 1. The van der Waals surface area contributed by atoms with Crippen LogP contribution in [0.1, 0.15) is 36.2 Å². The molecule has 0 bridgehead atoms. The van der Waals surface area contributed by atoms with Crippen molar-refractivity contribution in [2.45, 2.75) is 44.7 Å². The highest BCUT2D eigenvalue weighted by Crippen LogP contribution is 2.30. The number of carbonyl (C=O) groups excluding carboxylic acids is 1. The molecule has 8 heteroatoms. The smallest absolute Gasteiger partial charge is 0.313 e. The molecule has 2 aromatic carbocycles. The molecule has 0 spiro atoms. The topological polar surface area (TPSA) is 92.2 Å². The first-order valence-corrected chi connectivity index (χ1v) is 13.2. The van der Waals surface area contributed by atoms with Gasteiger partial charge in [-0.3, -0.25) is 14.6 Å². The number of pyridine rings is 1. The number of benzene rings is 2. The molecule has 0 aliphatic rings. The molecule has 0 radical (unpaired) electrons. The van der Waals surface area contributed by atoms with E-state index in [4.69, 9.17) is 11.6 Å². The predicted molar refractivity (Wildman–Crippen MR) is 147 cm³/mol. The Hall–Kier alpha value is -3.39. The summed E-state index contributed by atoms with van der Waals surface area (Å²) in [5.41, 5.74) is 5.68. The first kappa shape index (κ1) is 26.7. The van der Waals surface area contributed by atoms with Crippen molar-refractivity contribution >= 4 is 34.7 Å². The van der Waals surface area contributed by atoms with Gasteiger partial charge in [0.15, 0.2) is 5.78 Å². The maximum Gasteiger partial charge on any atom is 0.313 e. The lowest BCUT2D eigenvalue weighted by Crippen LogP contribution is -2.39. The minimum Gasteiger partial charge on any atom is -0.481 e. The summed E-state index contributed by atoms with van der Waals surface area (Å²) in [6.07, 6.45) is 4.04. The second-order valence-corrected chi connectivity index (χ2v) is 10.6. The van der Waals surface area contributed by atoms with E-state index in [9.17, 15) is 14.7 Å². The van der Waals surface area contributed by atoms with E-state index in [0.717, 1.165) is 27.9 Å². The molecule has 2 aromatic heterocycles. The Morgan fingerprint density at radius 2 is 1.76 bits per heavy atom. The number of carbonyl (C=O) groups is 2. The van der Waals surface area contributed by atoms with Crippen LogP contribution in [0, 0.1) is 0 Å². The average molecular weight is 534 g/mol. The maximum absolute atomic E-state index is 13.7. The summed E-state index contributed by atoms with van der Waals surface area (Å²) in [4.78, 5) is 34.1. The van der Waals surface area contributed by atoms with E-state index in [-0.39, 0.29) is 12.2 Å². The minimum absolute atomic E-state index is 0.0103. The van der Waals surface area contributed by atoms with E-state index in [2.05, 4.69) is 15.3 Å². The predicted octanol–water partition coefficient (Wildman–Crippen LogP) is 5.73. The zero-order valence-corrected chi connectivity index (χ0v) is 22.2. The van der Waals surface area contributed by atoms with Crippen LogP contribution in [0.2, 0.25) is 5.02 Å². The molecule has 4 aromatic rings. The van der Waals surface area contributed by atoms with E-state index in [1.54, 1.807) is 31.8 Å². The largest absolute Gasteiger partial charge is 0.481 e. The highest BCUT2D eigenvalue weighted by Gasteiger charge is 2.30. The van der Waals surface area contributed by atoms with Crippen LogP contribution in [0.3, 0.4) is 0 Å². The van der Waals surface area contributed by atoms with E-state index >= 15 is 0 Å². The summed E-state index contributed by atoms with van der Waals surface area (Å²) >= 11 is 7.56. The van der Waals surface area contributed by atoms with Crippen molar-refractivity contribution in [2.24, 2.45) is 0 Å². The fourth-order valence-electron chi connectivity index (χ4n) is 4.02. The van der Waals surface area contributed by atoms with Gasteiger partial charge in [-0.05, 0) is 72.4 Å². The first-order valence-electron chi connectivity index (χ1n) is 11.9. The van der Waals surface area contributed by atoms with Gasteiger partial charge in [-0.15, -0.1) is 11.3 Å². The third-order valence-corrected chi connectivity index (χ3v) is 7.28. The van der Waals surface area contributed by atoms with Crippen molar-refractivity contribution in [2.75, 3.05) is 0 Å². The zero-order chi connectivity index (χ0) is 26.4. The Bertz CT molecular complexity index is 1360. The van der Waals surface area contributed by atoms with E-state index < -0.39 is 17.4 Å². The van der Waals surface area contributed by atoms with Gasteiger partial charge < -0.3 is 10.4 Å². The zero-order valence-electron chi connectivity index (χ0n) is 20.6. The Kier molecular flexibility index (Phi) is 8.48. The number of hydrogen-bond donors (Lipinski definition) is 2. The van der Waals surface area contributed by atoms with Crippen molar-refractivity contribution in [3.63, 3.8) is 0 Å². The summed E-state index contributed by atoms with van der Waals surface area (Å²) in [7, 11) is 0. The number of carboxylic acids is 1. The van der Waals surface area contributed by atoms with Gasteiger partial charge in [0.2, 0.25) is 0 Å². The molecular weight excluding hydrogens is 506 g/mol. The standard InChI is InChI=1S/C29H28ClN3O3S/c1-29(2,28(35)36)23-12-20(11-22(15-23)21-7-9-31-10-8-21)14-27(34)26(32-16-25-17-37-18-33-25)13-19-3-5-24(30)6-4-19/h3-12,15,17-18,26,32H,13-14,16H2,1-2H3,(H,35,36)/t26-/m0/s1. The molecule has 1 atom stereocenters. The average Bonchev–Trinajstić information content (AvgIpc) is 3.41. The number of aliphatic carboxylic acids is 1. The molecule has 2 N–H and O–H groups in total. The second kappa shape index (κ2) is 11.8. The highest BCUT2D eigenvalue weighted by atomic mass is 35.5. The molecule has 0 unspecified atom stereocenters. The minimum atomic E-state index is -1.12. The summed E-state index contributed by atoms with van der Waals surface area (Å²) in [6.45, 7) is 3.82. The van der Waals surface area contributed by atoms with Crippen LogP contribution in [0.15, 0.2) is 77.9 Å². The molecule has 6 nitrogen and oxygen atoms in total. The third kappa shape index (κ3) is 6.89. The third-order valence-electron chi connectivity index (χ3n) is 6.40. The van der Waals surface area contributed by atoms with Gasteiger partial charge in [0.1, 0.15) is 0 Å². The van der Waals surface area contributed by atoms with Crippen LogP contribution >= 0.6 is 22.9 Å². The normalized spacial score (nSPS) is 12.3. The van der Waals surface area contributed by atoms with Gasteiger partial charge in [-0.25, -0.2) is 4.98 Å². The lowest BCUT2D eigenvalue weighted by molar-refractivity contribution is -0.142. The summed E-state index contributed by atoms with van der Waals surface area (Å²) in [5, 5.41) is 15.8. The van der Waals surface area contributed by atoms with Gasteiger partial charge in [0.05, 0.1) is 22.7 Å². The number of halogens is 1. The molecule has 0 aliphatic heterocycles.